The first kappa shape index (κ1) is 22.9. The predicted octanol–water partition coefficient (Wildman–Crippen LogP) is 4.85. The molecule has 0 spiro atoms. The first-order valence-corrected chi connectivity index (χ1v) is 10.5. The maximum Gasteiger partial charge on any atom is 0.303 e. The van der Waals surface area contributed by atoms with Gasteiger partial charge in [-0.05, 0) is 50.4 Å². The summed E-state index contributed by atoms with van der Waals surface area (Å²) in [7, 11) is 0. The van der Waals surface area contributed by atoms with Crippen molar-refractivity contribution in [2.45, 2.75) is 96.2 Å². The zero-order valence-electron chi connectivity index (χ0n) is 16.4. The van der Waals surface area contributed by atoms with E-state index >= 15 is 0 Å². The molecule has 0 amide bonds. The smallest absolute Gasteiger partial charge is 0.303 e. The lowest BCUT2D eigenvalue weighted by Crippen LogP contribution is -2.18. The summed E-state index contributed by atoms with van der Waals surface area (Å²) in [4.78, 5) is 10.5. The molecule has 0 saturated heterocycles. The van der Waals surface area contributed by atoms with Crippen molar-refractivity contribution in [1.29, 1.82) is 0 Å². The van der Waals surface area contributed by atoms with Crippen molar-refractivity contribution in [3.05, 3.63) is 24.3 Å². The summed E-state index contributed by atoms with van der Waals surface area (Å²) in [6.07, 6.45) is 18.5. The summed E-state index contributed by atoms with van der Waals surface area (Å²) in [6, 6.07) is 0. The molecule has 1 saturated carbocycles. The number of aliphatic hydroxyl groups is 2. The van der Waals surface area contributed by atoms with E-state index < -0.39 is 5.97 Å². The molecule has 4 atom stereocenters. The number of unbranched alkanes of at least 4 members (excludes halogenated alkanes) is 4. The molecule has 1 aliphatic carbocycles. The third-order valence-electron chi connectivity index (χ3n) is 5.38. The number of hydrogen-bond donors (Lipinski definition) is 3. The Morgan fingerprint density at radius 1 is 1.12 bits per heavy atom. The summed E-state index contributed by atoms with van der Waals surface area (Å²) in [6.45, 7) is 2.20. The van der Waals surface area contributed by atoms with E-state index in [1.165, 1.54) is 25.7 Å². The van der Waals surface area contributed by atoms with Crippen molar-refractivity contribution in [2.75, 3.05) is 0 Å². The highest BCUT2D eigenvalue weighted by molar-refractivity contribution is 5.66. The minimum atomic E-state index is -0.769. The molecular formula is C22H38O4. The molecule has 0 aliphatic heterocycles. The van der Waals surface area contributed by atoms with E-state index in [1.807, 2.05) is 18.2 Å². The van der Waals surface area contributed by atoms with Crippen LogP contribution >= 0.6 is 0 Å². The Morgan fingerprint density at radius 3 is 2.58 bits per heavy atom. The minimum Gasteiger partial charge on any atom is -0.481 e. The molecule has 26 heavy (non-hydrogen) atoms. The summed E-state index contributed by atoms with van der Waals surface area (Å²) in [5.41, 5.74) is 0. The third-order valence-corrected chi connectivity index (χ3v) is 5.38. The number of allylic oxidation sites excluding steroid dienone is 3. The van der Waals surface area contributed by atoms with Gasteiger partial charge in [-0.3, -0.25) is 4.79 Å². The van der Waals surface area contributed by atoms with Crippen LogP contribution in [-0.2, 0) is 4.79 Å². The van der Waals surface area contributed by atoms with Crippen LogP contribution in [0.2, 0.25) is 0 Å². The molecule has 0 aromatic rings. The highest BCUT2D eigenvalue weighted by Gasteiger charge is 2.32. The van der Waals surface area contributed by atoms with Crippen molar-refractivity contribution in [3.8, 4) is 0 Å². The van der Waals surface area contributed by atoms with Gasteiger partial charge in [0.1, 0.15) is 0 Å². The number of aliphatic hydroxyl groups excluding tert-OH is 2. The molecule has 0 radical (unpaired) electrons. The maximum atomic E-state index is 10.5. The fraction of sp³-hybridized carbons (Fsp3) is 0.773. The molecular weight excluding hydrogens is 328 g/mol. The average Bonchev–Trinajstić information content (AvgIpc) is 2.95. The van der Waals surface area contributed by atoms with Gasteiger partial charge in [-0.15, -0.1) is 0 Å². The van der Waals surface area contributed by atoms with Gasteiger partial charge < -0.3 is 15.3 Å². The van der Waals surface area contributed by atoms with Crippen LogP contribution in [-0.4, -0.2) is 33.5 Å². The van der Waals surface area contributed by atoms with Gasteiger partial charge in [-0.1, -0.05) is 63.3 Å². The first-order chi connectivity index (χ1) is 12.5. The summed E-state index contributed by atoms with van der Waals surface area (Å²) >= 11 is 0. The zero-order valence-corrected chi connectivity index (χ0v) is 16.4. The Morgan fingerprint density at radius 2 is 1.85 bits per heavy atom. The van der Waals surface area contributed by atoms with E-state index in [0.29, 0.717) is 12.3 Å². The molecule has 4 nitrogen and oxygen atoms in total. The predicted molar refractivity (Wildman–Crippen MR) is 106 cm³/mol. The van der Waals surface area contributed by atoms with Gasteiger partial charge in [0.25, 0.3) is 0 Å². The lowest BCUT2D eigenvalue weighted by Gasteiger charge is -2.19. The lowest BCUT2D eigenvalue weighted by atomic mass is 9.89. The van der Waals surface area contributed by atoms with Crippen molar-refractivity contribution in [2.24, 2.45) is 11.8 Å². The van der Waals surface area contributed by atoms with E-state index in [2.05, 4.69) is 13.0 Å². The number of aliphatic carboxylic acids is 1. The lowest BCUT2D eigenvalue weighted by molar-refractivity contribution is -0.136. The van der Waals surface area contributed by atoms with E-state index in [9.17, 15) is 15.0 Å². The second kappa shape index (κ2) is 14.0. The number of carboxylic acids is 1. The van der Waals surface area contributed by atoms with Crippen molar-refractivity contribution >= 4 is 5.97 Å². The van der Waals surface area contributed by atoms with E-state index in [1.54, 1.807) is 0 Å². The topological polar surface area (TPSA) is 77.8 Å². The maximum absolute atomic E-state index is 10.5. The fourth-order valence-corrected chi connectivity index (χ4v) is 3.78. The van der Waals surface area contributed by atoms with Crippen LogP contribution in [0.25, 0.3) is 0 Å². The van der Waals surface area contributed by atoms with Gasteiger partial charge in [0.2, 0.25) is 0 Å². The van der Waals surface area contributed by atoms with Crippen LogP contribution < -0.4 is 0 Å². The van der Waals surface area contributed by atoms with Crippen LogP contribution in [0.4, 0.5) is 0 Å². The van der Waals surface area contributed by atoms with Gasteiger partial charge in [-0.2, -0.15) is 0 Å². The van der Waals surface area contributed by atoms with E-state index in [0.717, 1.165) is 38.5 Å². The molecule has 1 aliphatic rings. The monoisotopic (exact) mass is 366 g/mol. The molecule has 0 aromatic heterocycles. The largest absolute Gasteiger partial charge is 0.481 e. The molecule has 3 N–H and O–H groups in total. The minimum absolute atomic E-state index is 0.171. The number of rotatable bonds is 14. The van der Waals surface area contributed by atoms with Crippen LogP contribution in [0.15, 0.2) is 24.3 Å². The Hall–Kier alpha value is -1.13. The Balaban J connectivity index is 2.29. The summed E-state index contributed by atoms with van der Waals surface area (Å²) in [5, 5.41) is 29.0. The highest BCUT2D eigenvalue weighted by atomic mass is 16.4. The summed E-state index contributed by atoms with van der Waals surface area (Å²) < 4.78 is 0. The molecule has 0 bridgehead atoms. The van der Waals surface area contributed by atoms with Crippen LogP contribution in [0, 0.1) is 11.8 Å². The molecule has 4 unspecified atom stereocenters. The van der Waals surface area contributed by atoms with Gasteiger partial charge in [0.05, 0.1) is 12.2 Å². The number of carbonyl (C=O) groups is 1. The average molecular weight is 367 g/mol. The number of carboxylic acid groups (broad SMARTS) is 1. The quantitative estimate of drug-likeness (QED) is 0.303. The van der Waals surface area contributed by atoms with Crippen LogP contribution in [0.1, 0.15) is 84.0 Å². The third kappa shape index (κ3) is 10.1. The standard InChI is InChI=1S/C22H38O4/c1-2-3-4-5-8-11-19(23)16-14-18-15-17-21(24)20(18)12-9-6-7-10-13-22(25)26/h6-7,14,16,18-21,23-24H,2-5,8-13,15,17H2,1H3,(H,25,26). The molecule has 1 rings (SSSR count). The van der Waals surface area contributed by atoms with Gasteiger partial charge in [0.15, 0.2) is 0 Å². The second-order valence-corrected chi connectivity index (χ2v) is 7.61. The van der Waals surface area contributed by atoms with E-state index in [4.69, 9.17) is 5.11 Å². The molecule has 150 valence electrons. The number of hydrogen-bond acceptors (Lipinski definition) is 3. The van der Waals surface area contributed by atoms with Gasteiger partial charge in [0, 0.05) is 6.42 Å². The zero-order chi connectivity index (χ0) is 19.2. The normalized spacial score (nSPS) is 24.7. The van der Waals surface area contributed by atoms with Crippen molar-refractivity contribution < 1.29 is 20.1 Å². The molecule has 1 fully saturated rings. The fourth-order valence-electron chi connectivity index (χ4n) is 3.78. The van der Waals surface area contributed by atoms with Gasteiger partial charge in [-0.25, -0.2) is 0 Å². The SMILES string of the molecule is CCCCCCCC(O)C=CC1CCC(O)C1CCC=CCCC(=O)O. The summed E-state index contributed by atoms with van der Waals surface area (Å²) in [5.74, 6) is -0.186. The van der Waals surface area contributed by atoms with Gasteiger partial charge >= 0.3 is 5.97 Å². The van der Waals surface area contributed by atoms with Crippen LogP contribution in [0.3, 0.4) is 0 Å². The highest BCUT2D eigenvalue weighted by Crippen LogP contribution is 2.36. The molecule has 0 aromatic carbocycles. The molecule has 4 heteroatoms. The second-order valence-electron chi connectivity index (χ2n) is 7.61. The molecule has 0 heterocycles. The van der Waals surface area contributed by atoms with E-state index in [-0.39, 0.29) is 24.5 Å². The Bertz CT molecular complexity index is 430. The first-order valence-electron chi connectivity index (χ1n) is 10.5. The Labute approximate surface area is 159 Å². The van der Waals surface area contributed by atoms with Crippen LogP contribution in [0.5, 0.6) is 0 Å². The van der Waals surface area contributed by atoms with Crippen molar-refractivity contribution in [1.82, 2.24) is 0 Å². The van der Waals surface area contributed by atoms with Crippen molar-refractivity contribution in [3.63, 3.8) is 0 Å². The Kier molecular flexibility index (Phi) is 12.3.